The van der Waals surface area contributed by atoms with Crippen LogP contribution in [0.5, 0.6) is 0 Å². The van der Waals surface area contributed by atoms with Crippen molar-refractivity contribution in [1.29, 1.82) is 0 Å². The molecule has 4 heteroatoms. The van der Waals surface area contributed by atoms with Gasteiger partial charge in [-0.25, -0.2) is 4.79 Å². The maximum absolute atomic E-state index is 11.7. The Bertz CT molecular complexity index is 337. The second kappa shape index (κ2) is 5.84. The number of carbonyl (C=O) groups is 2. The molecule has 1 atom stereocenters. The van der Waals surface area contributed by atoms with Crippen LogP contribution < -0.4 is 5.32 Å². The highest BCUT2D eigenvalue weighted by Crippen LogP contribution is 2.24. The quantitative estimate of drug-likeness (QED) is 0.741. The maximum Gasteiger partial charge on any atom is 0.331 e. The minimum absolute atomic E-state index is 0.0888. The molecule has 4 nitrogen and oxygen atoms in total. The molecule has 17 heavy (non-hydrogen) atoms. The van der Waals surface area contributed by atoms with Gasteiger partial charge in [0.05, 0.1) is 0 Å². The minimum atomic E-state index is -1.05. The lowest BCUT2D eigenvalue weighted by atomic mass is 9.82. The highest BCUT2D eigenvalue weighted by molar-refractivity contribution is 6.01. The Morgan fingerprint density at radius 3 is 2.00 bits per heavy atom. The predicted molar refractivity (Wildman–Crippen MR) is 67.6 cm³/mol. The zero-order chi connectivity index (χ0) is 13.8. The fourth-order valence-electron chi connectivity index (χ4n) is 1.02. The molecule has 0 aromatic rings. The van der Waals surface area contributed by atoms with Gasteiger partial charge in [0.2, 0.25) is 5.91 Å². The number of carboxylic acids is 1. The summed E-state index contributed by atoms with van der Waals surface area (Å²) >= 11 is 0. The van der Waals surface area contributed by atoms with E-state index in [0.717, 1.165) is 0 Å². The molecule has 0 heterocycles. The van der Waals surface area contributed by atoms with Crippen LogP contribution >= 0.6 is 0 Å². The van der Waals surface area contributed by atoms with E-state index in [4.69, 9.17) is 5.11 Å². The Labute approximate surface area is 103 Å². The summed E-state index contributed by atoms with van der Waals surface area (Å²) in [6, 6.07) is 0. The summed E-state index contributed by atoms with van der Waals surface area (Å²) in [4.78, 5) is 22.4. The SMILES string of the molecule is CC(C(=O)O)=C(C)C(=O)NCC(C)C(C)(C)C. The first-order valence-electron chi connectivity index (χ1n) is 5.76. The number of amides is 1. The molecule has 0 saturated carbocycles. The Hall–Kier alpha value is -1.32. The fourth-order valence-corrected chi connectivity index (χ4v) is 1.02. The van der Waals surface area contributed by atoms with Crippen LogP contribution in [0.15, 0.2) is 11.1 Å². The van der Waals surface area contributed by atoms with Gasteiger partial charge in [-0.15, -0.1) is 0 Å². The van der Waals surface area contributed by atoms with E-state index in [9.17, 15) is 9.59 Å². The van der Waals surface area contributed by atoms with Crippen molar-refractivity contribution >= 4 is 11.9 Å². The van der Waals surface area contributed by atoms with Gasteiger partial charge in [0.15, 0.2) is 0 Å². The minimum Gasteiger partial charge on any atom is -0.478 e. The second-order valence-electron chi connectivity index (χ2n) is 5.53. The summed E-state index contributed by atoms with van der Waals surface area (Å²) in [7, 11) is 0. The summed E-state index contributed by atoms with van der Waals surface area (Å²) in [5, 5.41) is 11.5. The van der Waals surface area contributed by atoms with Crippen LogP contribution in [0.25, 0.3) is 0 Å². The summed E-state index contributed by atoms with van der Waals surface area (Å²) in [5.74, 6) is -1.04. The molecule has 1 amide bonds. The molecule has 98 valence electrons. The molecular formula is C13H23NO3. The van der Waals surface area contributed by atoms with Crippen molar-refractivity contribution < 1.29 is 14.7 Å². The Morgan fingerprint density at radius 2 is 1.65 bits per heavy atom. The molecule has 0 bridgehead atoms. The zero-order valence-electron chi connectivity index (χ0n) is 11.5. The molecule has 0 aromatic carbocycles. The number of carbonyl (C=O) groups excluding carboxylic acids is 1. The van der Waals surface area contributed by atoms with Crippen LogP contribution in [0.2, 0.25) is 0 Å². The fraction of sp³-hybridized carbons (Fsp3) is 0.692. The molecule has 0 aromatic heterocycles. The van der Waals surface area contributed by atoms with Crippen molar-refractivity contribution in [2.45, 2.75) is 41.5 Å². The van der Waals surface area contributed by atoms with Gasteiger partial charge >= 0.3 is 5.97 Å². The van der Waals surface area contributed by atoms with E-state index >= 15 is 0 Å². The van der Waals surface area contributed by atoms with Gasteiger partial charge in [-0.05, 0) is 25.2 Å². The van der Waals surface area contributed by atoms with Gasteiger partial charge in [0.1, 0.15) is 0 Å². The second-order valence-corrected chi connectivity index (χ2v) is 5.53. The van der Waals surface area contributed by atoms with Crippen LogP contribution in [0.1, 0.15) is 41.5 Å². The normalized spacial score (nSPS) is 14.9. The van der Waals surface area contributed by atoms with Gasteiger partial charge < -0.3 is 10.4 Å². The van der Waals surface area contributed by atoms with Crippen LogP contribution in [0, 0.1) is 11.3 Å². The number of hydrogen-bond donors (Lipinski definition) is 2. The standard InChI is InChI=1S/C13H23NO3/c1-8(13(4,5)6)7-14-11(15)9(2)10(3)12(16)17/h8H,7H2,1-6H3,(H,14,15)(H,16,17). The first-order valence-corrected chi connectivity index (χ1v) is 5.76. The molecule has 1 unspecified atom stereocenters. The smallest absolute Gasteiger partial charge is 0.331 e. The molecule has 0 saturated heterocycles. The number of aliphatic carboxylic acids is 1. The van der Waals surface area contributed by atoms with Crippen LogP contribution in [0.3, 0.4) is 0 Å². The number of nitrogens with one attached hydrogen (secondary N) is 1. The van der Waals surface area contributed by atoms with E-state index in [1.54, 1.807) is 0 Å². The molecular weight excluding hydrogens is 218 g/mol. The van der Waals surface area contributed by atoms with Gasteiger partial charge in [-0.1, -0.05) is 27.7 Å². The third-order valence-electron chi connectivity index (χ3n) is 3.27. The van der Waals surface area contributed by atoms with Crippen LogP contribution in [-0.2, 0) is 9.59 Å². The molecule has 2 N–H and O–H groups in total. The van der Waals surface area contributed by atoms with Crippen molar-refractivity contribution in [3.05, 3.63) is 11.1 Å². The summed E-state index contributed by atoms with van der Waals surface area (Å²) in [6.07, 6.45) is 0. The van der Waals surface area contributed by atoms with Gasteiger partial charge in [0.25, 0.3) is 0 Å². The predicted octanol–water partition coefficient (Wildman–Crippen LogP) is 2.21. The highest BCUT2D eigenvalue weighted by atomic mass is 16.4. The van der Waals surface area contributed by atoms with E-state index in [1.165, 1.54) is 13.8 Å². The first kappa shape index (κ1) is 15.7. The number of hydrogen-bond acceptors (Lipinski definition) is 2. The molecule has 0 radical (unpaired) electrons. The average Bonchev–Trinajstić information content (AvgIpc) is 2.21. The van der Waals surface area contributed by atoms with E-state index in [-0.39, 0.29) is 22.5 Å². The Kier molecular flexibility index (Phi) is 5.39. The van der Waals surface area contributed by atoms with Crippen molar-refractivity contribution in [3.63, 3.8) is 0 Å². The van der Waals surface area contributed by atoms with Crippen LogP contribution in [0.4, 0.5) is 0 Å². The van der Waals surface area contributed by atoms with Crippen molar-refractivity contribution in [2.24, 2.45) is 11.3 Å². The first-order chi connectivity index (χ1) is 7.57. The van der Waals surface area contributed by atoms with Crippen molar-refractivity contribution in [3.8, 4) is 0 Å². The molecule has 0 spiro atoms. The monoisotopic (exact) mass is 241 g/mol. The van der Waals surface area contributed by atoms with E-state index in [0.29, 0.717) is 12.5 Å². The third kappa shape index (κ3) is 5.02. The van der Waals surface area contributed by atoms with E-state index in [1.807, 2.05) is 0 Å². The highest BCUT2D eigenvalue weighted by Gasteiger charge is 2.21. The molecule has 0 aliphatic heterocycles. The summed E-state index contributed by atoms with van der Waals surface area (Å²) in [6.45, 7) is 11.9. The lowest BCUT2D eigenvalue weighted by molar-refractivity contribution is -0.133. The summed E-state index contributed by atoms with van der Waals surface area (Å²) < 4.78 is 0. The zero-order valence-corrected chi connectivity index (χ0v) is 11.5. The topological polar surface area (TPSA) is 66.4 Å². The third-order valence-corrected chi connectivity index (χ3v) is 3.27. The van der Waals surface area contributed by atoms with E-state index in [2.05, 4.69) is 33.0 Å². The van der Waals surface area contributed by atoms with Gasteiger partial charge in [-0.3, -0.25) is 4.79 Å². The Balaban J connectivity index is 4.49. The largest absolute Gasteiger partial charge is 0.478 e. The average molecular weight is 241 g/mol. The van der Waals surface area contributed by atoms with Crippen LogP contribution in [-0.4, -0.2) is 23.5 Å². The number of rotatable bonds is 4. The van der Waals surface area contributed by atoms with E-state index < -0.39 is 5.97 Å². The lowest BCUT2D eigenvalue weighted by Crippen LogP contribution is -2.34. The molecule has 0 fully saturated rings. The molecule has 0 aliphatic rings. The summed E-state index contributed by atoms with van der Waals surface area (Å²) in [5.41, 5.74) is 0.469. The molecule has 0 rings (SSSR count). The van der Waals surface area contributed by atoms with Crippen molar-refractivity contribution in [1.82, 2.24) is 5.32 Å². The number of carboxylic acid groups (broad SMARTS) is 1. The lowest BCUT2D eigenvalue weighted by Gasteiger charge is -2.27. The maximum atomic E-state index is 11.7. The van der Waals surface area contributed by atoms with Crippen molar-refractivity contribution in [2.75, 3.05) is 6.54 Å². The van der Waals surface area contributed by atoms with Gasteiger partial charge in [-0.2, -0.15) is 0 Å². The molecule has 0 aliphatic carbocycles. The van der Waals surface area contributed by atoms with Gasteiger partial charge in [0, 0.05) is 17.7 Å². The Morgan fingerprint density at radius 1 is 1.18 bits per heavy atom.